The summed E-state index contributed by atoms with van der Waals surface area (Å²) in [6.07, 6.45) is 0. The van der Waals surface area contributed by atoms with Gasteiger partial charge in [0.25, 0.3) is 0 Å². The summed E-state index contributed by atoms with van der Waals surface area (Å²) in [7, 11) is 3.39. The Morgan fingerprint density at radius 2 is 1.30 bits per heavy atom. The minimum absolute atomic E-state index is 0.349. The van der Waals surface area contributed by atoms with E-state index in [-0.39, 0.29) is 0 Å². The number of aliphatic imine (C=N–C) groups is 2. The van der Waals surface area contributed by atoms with Crippen molar-refractivity contribution in [2.75, 3.05) is 40.4 Å². The largest absolute Gasteiger partial charge is 0.458 e. The van der Waals surface area contributed by atoms with Crippen molar-refractivity contribution in [2.24, 2.45) is 9.98 Å². The van der Waals surface area contributed by atoms with E-state index >= 15 is 0 Å². The molecule has 170 valence electrons. The molecule has 0 bridgehead atoms. The lowest BCUT2D eigenvalue weighted by Crippen LogP contribution is -2.20. The number of nitrogens with one attached hydrogen (secondary N) is 2. The van der Waals surface area contributed by atoms with Crippen LogP contribution in [0.3, 0.4) is 0 Å². The quantitative estimate of drug-likeness (QED) is 0.555. The van der Waals surface area contributed by atoms with Gasteiger partial charge in [-0.2, -0.15) is 0 Å². The number of benzene rings is 2. The van der Waals surface area contributed by atoms with Crippen molar-refractivity contribution >= 4 is 11.7 Å². The zero-order valence-corrected chi connectivity index (χ0v) is 19.0. The second-order valence-corrected chi connectivity index (χ2v) is 7.98. The zero-order chi connectivity index (χ0) is 22.6. The Hall–Kier alpha value is -3.42. The summed E-state index contributed by atoms with van der Waals surface area (Å²) in [4.78, 5) is 9.31. The minimum atomic E-state index is 0.349. The van der Waals surface area contributed by atoms with Crippen molar-refractivity contribution in [3.05, 3.63) is 71.0 Å². The maximum Gasteiger partial charge on any atom is 0.141 e. The highest BCUT2D eigenvalue weighted by Gasteiger charge is 2.27. The average Bonchev–Trinajstić information content (AvgIpc) is 3.62. The molecule has 2 aromatic carbocycles. The second-order valence-electron chi connectivity index (χ2n) is 7.98. The molecule has 7 nitrogen and oxygen atoms in total. The van der Waals surface area contributed by atoms with Gasteiger partial charge in [0.2, 0.25) is 0 Å². The van der Waals surface area contributed by atoms with Crippen molar-refractivity contribution in [1.82, 2.24) is 10.6 Å². The van der Waals surface area contributed by atoms with Crippen LogP contribution in [0.2, 0.25) is 0 Å². The second kappa shape index (κ2) is 9.60. The molecule has 0 fully saturated rings. The van der Waals surface area contributed by atoms with Gasteiger partial charge in [-0.25, -0.2) is 0 Å². The van der Waals surface area contributed by atoms with E-state index in [2.05, 4.69) is 44.9 Å². The van der Waals surface area contributed by atoms with Crippen LogP contribution in [0.5, 0.6) is 0 Å². The molecule has 5 rings (SSSR count). The molecule has 0 radical (unpaired) electrons. The molecular weight excluding hydrogens is 416 g/mol. The normalized spacial score (nSPS) is 15.2. The smallest absolute Gasteiger partial charge is 0.141 e. The van der Waals surface area contributed by atoms with Crippen molar-refractivity contribution in [2.45, 2.75) is 13.2 Å². The highest BCUT2D eigenvalue weighted by molar-refractivity contribution is 6.07. The fourth-order valence-electron chi connectivity index (χ4n) is 4.51. The third-order valence-electron chi connectivity index (χ3n) is 5.87. The molecule has 2 aliphatic rings. The molecule has 7 heteroatoms. The lowest BCUT2D eigenvalue weighted by Gasteiger charge is -2.13. The average molecular weight is 445 g/mol. The van der Waals surface area contributed by atoms with Gasteiger partial charge in [0.05, 0.1) is 19.7 Å². The monoisotopic (exact) mass is 444 g/mol. The number of furan rings is 1. The Morgan fingerprint density at radius 3 is 1.85 bits per heavy atom. The number of nitrogens with zero attached hydrogens (tertiary/aromatic N) is 2. The van der Waals surface area contributed by atoms with Gasteiger partial charge in [-0.15, -0.1) is 0 Å². The van der Waals surface area contributed by atoms with E-state index in [1.165, 1.54) is 0 Å². The van der Waals surface area contributed by atoms with Crippen molar-refractivity contribution in [3.8, 4) is 22.5 Å². The van der Waals surface area contributed by atoms with Crippen LogP contribution in [-0.4, -0.2) is 52.1 Å². The van der Waals surface area contributed by atoms with E-state index in [1.807, 2.05) is 24.3 Å². The standard InChI is InChI=1S/C26H28N4O3/c1-31-15-21-23(17-7-3-5-9-19(17)25-27-11-12-28-25)22(16-32-2)33-24(21)18-8-4-6-10-20(18)26-29-13-14-30-26/h3-10H,11-16H2,1-2H3,(H,27,28)(H,29,30). The van der Waals surface area contributed by atoms with E-state index in [9.17, 15) is 0 Å². The van der Waals surface area contributed by atoms with Crippen molar-refractivity contribution < 1.29 is 13.9 Å². The fourth-order valence-corrected chi connectivity index (χ4v) is 4.51. The van der Waals surface area contributed by atoms with E-state index in [0.717, 1.165) is 82.8 Å². The van der Waals surface area contributed by atoms with E-state index < -0.39 is 0 Å². The Kier molecular flexibility index (Phi) is 6.24. The number of rotatable bonds is 8. The number of hydrogen-bond acceptors (Lipinski definition) is 7. The van der Waals surface area contributed by atoms with Crippen LogP contribution in [0.4, 0.5) is 0 Å². The molecule has 0 aliphatic carbocycles. The molecule has 2 N–H and O–H groups in total. The Balaban J connectivity index is 1.74. The number of methoxy groups -OCH3 is 2. The Labute approximate surface area is 193 Å². The number of ether oxygens (including phenoxy) is 2. The lowest BCUT2D eigenvalue weighted by atomic mass is 9.93. The summed E-state index contributed by atoms with van der Waals surface area (Å²) in [5.41, 5.74) is 6.08. The van der Waals surface area contributed by atoms with Gasteiger partial charge in [-0.3, -0.25) is 9.98 Å². The van der Waals surface area contributed by atoms with Gasteiger partial charge < -0.3 is 24.5 Å². The third-order valence-corrected chi connectivity index (χ3v) is 5.87. The molecule has 3 aromatic rings. The summed E-state index contributed by atoms with van der Waals surface area (Å²) < 4.78 is 17.8. The first-order chi connectivity index (χ1) is 16.3. The summed E-state index contributed by atoms with van der Waals surface area (Å²) in [6, 6.07) is 16.5. The van der Waals surface area contributed by atoms with Crippen LogP contribution in [0.1, 0.15) is 22.5 Å². The maximum atomic E-state index is 6.55. The molecule has 0 amide bonds. The van der Waals surface area contributed by atoms with Crippen LogP contribution >= 0.6 is 0 Å². The Morgan fingerprint density at radius 1 is 0.758 bits per heavy atom. The van der Waals surface area contributed by atoms with Gasteiger partial charge >= 0.3 is 0 Å². The highest BCUT2D eigenvalue weighted by Crippen LogP contribution is 2.41. The summed E-state index contributed by atoms with van der Waals surface area (Å²) >= 11 is 0. The van der Waals surface area contributed by atoms with Gasteiger partial charge in [0.15, 0.2) is 0 Å². The maximum absolute atomic E-state index is 6.55. The molecule has 2 aliphatic heterocycles. The topological polar surface area (TPSA) is 80.4 Å². The summed E-state index contributed by atoms with van der Waals surface area (Å²) in [5.74, 6) is 3.35. The Bertz CT molecular complexity index is 1210. The van der Waals surface area contributed by atoms with Gasteiger partial charge in [-0.05, 0) is 5.56 Å². The van der Waals surface area contributed by atoms with Crippen molar-refractivity contribution in [1.29, 1.82) is 0 Å². The first-order valence-corrected chi connectivity index (χ1v) is 11.2. The molecule has 33 heavy (non-hydrogen) atoms. The minimum Gasteiger partial charge on any atom is -0.458 e. The predicted octanol–water partition coefficient (Wildman–Crippen LogP) is 3.61. The number of amidine groups is 2. The fraction of sp³-hybridized carbons (Fsp3) is 0.308. The molecule has 0 spiro atoms. The first-order valence-electron chi connectivity index (χ1n) is 11.2. The molecule has 3 heterocycles. The predicted molar refractivity (Wildman–Crippen MR) is 130 cm³/mol. The van der Waals surface area contributed by atoms with Crippen LogP contribution in [0, 0.1) is 0 Å². The molecular formula is C26H28N4O3. The van der Waals surface area contributed by atoms with E-state index in [1.54, 1.807) is 14.2 Å². The molecule has 0 saturated carbocycles. The van der Waals surface area contributed by atoms with E-state index in [4.69, 9.17) is 13.9 Å². The molecule has 0 unspecified atom stereocenters. The van der Waals surface area contributed by atoms with Gasteiger partial charge in [-0.1, -0.05) is 48.5 Å². The molecule has 1 aromatic heterocycles. The van der Waals surface area contributed by atoms with Gasteiger partial charge in [0.1, 0.15) is 29.8 Å². The number of hydrogen-bond donors (Lipinski definition) is 2. The summed E-state index contributed by atoms with van der Waals surface area (Å²) in [5, 5.41) is 6.79. The van der Waals surface area contributed by atoms with E-state index in [0.29, 0.717) is 13.2 Å². The molecule has 0 atom stereocenters. The third kappa shape index (κ3) is 4.05. The SMILES string of the molecule is COCc1oc(-c2ccccc2C2=NCCN2)c(COC)c1-c1ccccc1C1=NCCN1. The van der Waals surface area contributed by atoms with Crippen LogP contribution in [0.15, 0.2) is 62.9 Å². The van der Waals surface area contributed by atoms with Crippen molar-refractivity contribution in [3.63, 3.8) is 0 Å². The lowest BCUT2D eigenvalue weighted by molar-refractivity contribution is 0.165. The zero-order valence-electron chi connectivity index (χ0n) is 19.0. The first kappa shape index (κ1) is 21.4. The van der Waals surface area contributed by atoms with Crippen LogP contribution in [0.25, 0.3) is 22.5 Å². The van der Waals surface area contributed by atoms with Crippen LogP contribution in [-0.2, 0) is 22.7 Å². The molecule has 0 saturated heterocycles. The van der Waals surface area contributed by atoms with Gasteiger partial charge in [0, 0.05) is 55.1 Å². The van der Waals surface area contributed by atoms with Crippen LogP contribution < -0.4 is 10.6 Å². The summed E-state index contributed by atoms with van der Waals surface area (Å²) in [6.45, 7) is 3.99. The highest BCUT2D eigenvalue weighted by atomic mass is 16.5.